The third-order valence-electron chi connectivity index (χ3n) is 3.19. The summed E-state index contributed by atoms with van der Waals surface area (Å²) in [6.45, 7) is 4.92. The van der Waals surface area contributed by atoms with E-state index in [1.807, 2.05) is 11.6 Å². The van der Waals surface area contributed by atoms with Crippen LogP contribution in [0.15, 0.2) is 4.47 Å². The second-order valence-corrected chi connectivity index (χ2v) is 5.10. The molecule has 2 unspecified atom stereocenters. The van der Waals surface area contributed by atoms with Crippen molar-refractivity contribution in [2.45, 2.75) is 45.3 Å². The summed E-state index contributed by atoms with van der Waals surface area (Å²) in [6, 6.07) is 0.378. The Balaban J connectivity index is 2.20. The summed E-state index contributed by atoms with van der Waals surface area (Å²) in [5.41, 5.74) is 6.99. The van der Waals surface area contributed by atoms with Crippen LogP contribution in [0, 0.1) is 6.92 Å². The van der Waals surface area contributed by atoms with Gasteiger partial charge < -0.3 is 10.5 Å². The molecule has 1 saturated heterocycles. The molecule has 1 aliphatic heterocycles. The van der Waals surface area contributed by atoms with Crippen molar-refractivity contribution in [3.05, 3.63) is 10.2 Å². The minimum absolute atomic E-state index is 0.349. The van der Waals surface area contributed by atoms with Crippen LogP contribution < -0.4 is 5.73 Å². The van der Waals surface area contributed by atoms with Crippen molar-refractivity contribution in [3.8, 4) is 0 Å². The average molecular weight is 288 g/mol. The molecule has 4 nitrogen and oxygen atoms in total. The van der Waals surface area contributed by atoms with Gasteiger partial charge >= 0.3 is 0 Å². The lowest BCUT2D eigenvalue weighted by molar-refractivity contribution is -0.00898. The molecule has 0 spiro atoms. The topological polar surface area (TPSA) is 53.1 Å². The Morgan fingerprint density at radius 3 is 2.94 bits per heavy atom. The fourth-order valence-electron chi connectivity index (χ4n) is 2.19. The van der Waals surface area contributed by atoms with Crippen molar-refractivity contribution in [1.82, 2.24) is 9.78 Å². The molecule has 16 heavy (non-hydrogen) atoms. The van der Waals surface area contributed by atoms with E-state index in [2.05, 4.69) is 28.0 Å². The van der Waals surface area contributed by atoms with Crippen molar-refractivity contribution < 1.29 is 4.74 Å². The number of nitrogens with two attached hydrogens (primary N) is 1. The molecule has 0 radical (unpaired) electrons. The van der Waals surface area contributed by atoms with Crippen molar-refractivity contribution in [2.24, 2.45) is 0 Å². The number of anilines is 1. The van der Waals surface area contributed by atoms with Crippen LogP contribution in [0.5, 0.6) is 0 Å². The molecule has 0 aliphatic carbocycles. The Labute approximate surface area is 104 Å². The maximum Gasteiger partial charge on any atom is 0.136 e. The quantitative estimate of drug-likeness (QED) is 0.910. The van der Waals surface area contributed by atoms with E-state index in [0.717, 1.165) is 41.9 Å². The minimum atomic E-state index is 0.349. The molecular weight excluding hydrogens is 270 g/mol. The summed E-state index contributed by atoms with van der Waals surface area (Å²) >= 11 is 3.46. The van der Waals surface area contributed by atoms with E-state index in [0.29, 0.717) is 12.1 Å². The lowest BCUT2D eigenvalue weighted by Gasteiger charge is -2.29. The molecule has 2 rings (SSSR count). The van der Waals surface area contributed by atoms with E-state index in [1.165, 1.54) is 0 Å². The molecule has 2 heterocycles. The van der Waals surface area contributed by atoms with E-state index in [-0.39, 0.29) is 0 Å². The van der Waals surface area contributed by atoms with Gasteiger partial charge in [-0.3, -0.25) is 0 Å². The van der Waals surface area contributed by atoms with Crippen LogP contribution in [-0.2, 0) is 4.74 Å². The highest BCUT2D eigenvalue weighted by Gasteiger charge is 2.25. The van der Waals surface area contributed by atoms with Gasteiger partial charge in [-0.1, -0.05) is 6.92 Å². The van der Waals surface area contributed by atoms with Gasteiger partial charge in [-0.25, -0.2) is 4.68 Å². The number of aryl methyl sites for hydroxylation is 1. The molecule has 90 valence electrons. The summed E-state index contributed by atoms with van der Waals surface area (Å²) in [5, 5.41) is 4.49. The Morgan fingerprint density at radius 2 is 2.38 bits per heavy atom. The Kier molecular flexibility index (Phi) is 3.54. The molecule has 1 aromatic rings. The number of aromatic nitrogens is 2. The molecule has 1 aliphatic rings. The van der Waals surface area contributed by atoms with Crippen molar-refractivity contribution in [2.75, 3.05) is 12.3 Å². The zero-order valence-corrected chi connectivity index (χ0v) is 11.3. The Morgan fingerprint density at radius 1 is 1.62 bits per heavy atom. The molecule has 2 atom stereocenters. The van der Waals surface area contributed by atoms with Crippen molar-refractivity contribution >= 4 is 21.7 Å². The van der Waals surface area contributed by atoms with Gasteiger partial charge in [0.1, 0.15) is 5.82 Å². The van der Waals surface area contributed by atoms with E-state index < -0.39 is 0 Å². The largest absolute Gasteiger partial charge is 0.383 e. The highest BCUT2D eigenvalue weighted by Crippen LogP contribution is 2.32. The lowest BCUT2D eigenvalue weighted by atomic mass is 10.0. The Hall–Kier alpha value is -0.550. The number of ether oxygens (including phenoxy) is 1. The molecular formula is C11H18BrN3O. The number of nitrogen functional groups attached to an aromatic ring is 1. The van der Waals surface area contributed by atoms with Gasteiger partial charge in [0.25, 0.3) is 0 Å². The van der Waals surface area contributed by atoms with E-state index in [9.17, 15) is 0 Å². The molecule has 2 N–H and O–H groups in total. The average Bonchev–Trinajstić information content (AvgIpc) is 2.57. The predicted molar refractivity (Wildman–Crippen MR) is 67.4 cm³/mol. The van der Waals surface area contributed by atoms with E-state index >= 15 is 0 Å². The molecule has 5 heteroatoms. The first-order valence-corrected chi connectivity index (χ1v) is 6.54. The SMILES string of the molecule is CCC1CC(n2nc(C)c(Br)c2N)CCO1. The number of nitrogens with zero attached hydrogens (tertiary/aromatic N) is 2. The van der Waals surface area contributed by atoms with Crippen LogP contribution >= 0.6 is 15.9 Å². The van der Waals surface area contributed by atoms with Crippen LogP contribution in [-0.4, -0.2) is 22.5 Å². The van der Waals surface area contributed by atoms with Crippen LogP contribution in [0.25, 0.3) is 0 Å². The highest BCUT2D eigenvalue weighted by molar-refractivity contribution is 9.10. The van der Waals surface area contributed by atoms with E-state index in [4.69, 9.17) is 10.5 Å². The van der Waals surface area contributed by atoms with Gasteiger partial charge in [-0.2, -0.15) is 5.10 Å². The normalized spacial score (nSPS) is 25.9. The Bertz CT molecular complexity index is 378. The fourth-order valence-corrected chi connectivity index (χ4v) is 2.45. The van der Waals surface area contributed by atoms with Gasteiger partial charge in [0, 0.05) is 6.61 Å². The van der Waals surface area contributed by atoms with Crippen molar-refractivity contribution in [1.29, 1.82) is 0 Å². The lowest BCUT2D eigenvalue weighted by Crippen LogP contribution is -2.28. The molecule has 1 aromatic heterocycles. The van der Waals surface area contributed by atoms with Crippen LogP contribution in [0.3, 0.4) is 0 Å². The maximum absolute atomic E-state index is 6.03. The first-order valence-electron chi connectivity index (χ1n) is 5.75. The summed E-state index contributed by atoms with van der Waals surface area (Å²) in [6.07, 6.45) is 3.40. The second-order valence-electron chi connectivity index (χ2n) is 4.31. The predicted octanol–water partition coefficient (Wildman–Crippen LogP) is 2.67. The summed E-state index contributed by atoms with van der Waals surface area (Å²) < 4.78 is 8.53. The minimum Gasteiger partial charge on any atom is -0.383 e. The van der Waals surface area contributed by atoms with Crippen molar-refractivity contribution in [3.63, 3.8) is 0 Å². The van der Waals surface area contributed by atoms with Gasteiger partial charge in [-0.15, -0.1) is 0 Å². The molecule has 0 aromatic carbocycles. The standard InChI is InChI=1S/C11H18BrN3O/c1-3-9-6-8(4-5-16-9)15-11(13)10(12)7(2)14-15/h8-9H,3-6,13H2,1-2H3. The zero-order chi connectivity index (χ0) is 11.7. The number of hydrogen-bond acceptors (Lipinski definition) is 3. The first kappa shape index (κ1) is 11.9. The molecule has 0 bridgehead atoms. The number of hydrogen-bond donors (Lipinski definition) is 1. The fraction of sp³-hybridized carbons (Fsp3) is 0.727. The van der Waals surface area contributed by atoms with Gasteiger partial charge in [0.05, 0.1) is 22.3 Å². The van der Waals surface area contributed by atoms with Crippen LogP contribution in [0.2, 0.25) is 0 Å². The molecule has 0 amide bonds. The van der Waals surface area contributed by atoms with E-state index in [1.54, 1.807) is 0 Å². The third kappa shape index (κ3) is 2.11. The second kappa shape index (κ2) is 4.75. The monoisotopic (exact) mass is 287 g/mol. The van der Waals surface area contributed by atoms with Crippen LogP contribution in [0.1, 0.15) is 37.9 Å². The highest BCUT2D eigenvalue weighted by atomic mass is 79.9. The maximum atomic E-state index is 6.03. The van der Waals surface area contributed by atoms with Crippen LogP contribution in [0.4, 0.5) is 5.82 Å². The summed E-state index contributed by atoms with van der Waals surface area (Å²) in [5.74, 6) is 0.735. The van der Waals surface area contributed by atoms with Gasteiger partial charge in [-0.05, 0) is 42.1 Å². The number of halogens is 1. The third-order valence-corrected chi connectivity index (χ3v) is 4.17. The van der Waals surface area contributed by atoms with Gasteiger partial charge in [0.15, 0.2) is 0 Å². The number of rotatable bonds is 2. The smallest absolute Gasteiger partial charge is 0.136 e. The first-order chi connectivity index (χ1) is 7.63. The summed E-state index contributed by atoms with van der Waals surface area (Å²) in [7, 11) is 0. The van der Waals surface area contributed by atoms with Gasteiger partial charge in [0.2, 0.25) is 0 Å². The zero-order valence-electron chi connectivity index (χ0n) is 9.74. The molecule has 1 fully saturated rings. The molecule has 0 saturated carbocycles. The summed E-state index contributed by atoms with van der Waals surface area (Å²) in [4.78, 5) is 0.